The zero-order valence-corrected chi connectivity index (χ0v) is 31.8. The van der Waals surface area contributed by atoms with E-state index in [9.17, 15) is 0 Å². The van der Waals surface area contributed by atoms with Crippen LogP contribution in [0.25, 0.3) is 0 Å². The molecule has 0 aromatic carbocycles. The van der Waals surface area contributed by atoms with Gasteiger partial charge in [-0.2, -0.15) is 0 Å². The molecule has 0 N–H and O–H groups in total. The lowest BCUT2D eigenvalue weighted by molar-refractivity contribution is 0.148. The lowest BCUT2D eigenvalue weighted by Gasteiger charge is -2.32. The zero-order valence-electron chi connectivity index (χ0n) is 31.8. The van der Waals surface area contributed by atoms with Gasteiger partial charge in [-0.1, -0.05) is 83.1 Å². The van der Waals surface area contributed by atoms with Crippen molar-refractivity contribution in [3.05, 3.63) is 0 Å². The summed E-state index contributed by atoms with van der Waals surface area (Å²) in [5.41, 5.74) is 0. The largest absolute Gasteiger partial charge is 0.304 e. The standard InChI is InChI=1S/C10H22N2.C10H21N.C9H19N.C9H21N.CH4/c1-10(2)4-5-12-8-6-11(3)7-9-12;1-10(2)6-9-11-7-4-3-5-8-11;1-9(2)5-8-10-6-3-4-7-10;1-5-10(6-2)8-7-9(3)4;/h10H,4-9H2,1-3H3;10H,3-9H2,1-2H3;9H,3-8H2,1-2H3;9H,5-8H2,1-4H3;1H4. The van der Waals surface area contributed by atoms with E-state index in [2.05, 4.69) is 101 Å². The van der Waals surface area contributed by atoms with Crippen LogP contribution in [0.5, 0.6) is 0 Å². The number of rotatable bonds is 14. The molecule has 0 amide bonds. The van der Waals surface area contributed by atoms with Gasteiger partial charge >= 0.3 is 0 Å². The summed E-state index contributed by atoms with van der Waals surface area (Å²) in [6.07, 6.45) is 12.6. The van der Waals surface area contributed by atoms with Gasteiger partial charge in [0.15, 0.2) is 0 Å². The summed E-state index contributed by atoms with van der Waals surface area (Å²) in [5.74, 6) is 3.45. The van der Waals surface area contributed by atoms with Crippen molar-refractivity contribution in [2.75, 3.05) is 98.7 Å². The van der Waals surface area contributed by atoms with Gasteiger partial charge in [0.25, 0.3) is 0 Å². The SMILES string of the molecule is C.CC(C)CCN1CCCC1.CC(C)CCN1CCCCC1.CC(C)CCN1CCN(C)CC1.CCN(CC)CCC(C)C. The topological polar surface area (TPSA) is 16.2 Å². The van der Waals surface area contributed by atoms with E-state index in [1.54, 1.807) is 0 Å². The summed E-state index contributed by atoms with van der Waals surface area (Å²) >= 11 is 0. The highest BCUT2D eigenvalue weighted by Gasteiger charge is 2.13. The van der Waals surface area contributed by atoms with Crippen LogP contribution in [0.15, 0.2) is 0 Å². The third-order valence-electron chi connectivity index (χ3n) is 9.23. The van der Waals surface area contributed by atoms with E-state index in [1.165, 1.54) is 149 Å². The Hall–Kier alpha value is -0.200. The number of piperidine rings is 1. The Morgan fingerprint density at radius 2 is 0.773 bits per heavy atom. The van der Waals surface area contributed by atoms with Crippen molar-refractivity contribution < 1.29 is 0 Å². The van der Waals surface area contributed by atoms with Gasteiger partial charge in [0, 0.05) is 26.2 Å². The number of hydrogen-bond acceptors (Lipinski definition) is 5. The Kier molecular flexibility index (Phi) is 31.5. The van der Waals surface area contributed by atoms with E-state index in [1.807, 2.05) is 0 Å². The van der Waals surface area contributed by atoms with Crippen LogP contribution in [0.1, 0.15) is 134 Å². The first kappa shape index (κ1) is 45.9. The second-order valence-electron chi connectivity index (χ2n) is 15.4. The number of likely N-dealkylation sites (tertiary alicyclic amines) is 2. The summed E-state index contributed by atoms with van der Waals surface area (Å²) in [4.78, 5) is 12.7. The van der Waals surface area contributed by atoms with Gasteiger partial charge in [0.1, 0.15) is 0 Å². The lowest BCUT2D eigenvalue weighted by atomic mass is 10.1. The van der Waals surface area contributed by atoms with E-state index in [0.717, 1.165) is 23.7 Å². The predicted molar refractivity (Wildman–Crippen MR) is 202 cm³/mol. The Balaban J connectivity index is 0. The molecule has 3 saturated heterocycles. The van der Waals surface area contributed by atoms with Crippen molar-refractivity contribution in [1.82, 2.24) is 24.5 Å². The van der Waals surface area contributed by atoms with Crippen LogP contribution in [0, 0.1) is 23.7 Å². The average molecular weight is 626 g/mol. The van der Waals surface area contributed by atoms with Gasteiger partial charge < -0.3 is 24.5 Å². The number of hydrogen-bond donors (Lipinski definition) is 0. The molecule has 0 aromatic rings. The Morgan fingerprint density at radius 1 is 0.455 bits per heavy atom. The van der Waals surface area contributed by atoms with Crippen molar-refractivity contribution in [2.24, 2.45) is 23.7 Å². The maximum absolute atomic E-state index is 2.61. The van der Waals surface area contributed by atoms with Crippen LogP contribution < -0.4 is 0 Å². The minimum absolute atomic E-state index is 0. The van der Waals surface area contributed by atoms with Crippen molar-refractivity contribution >= 4 is 0 Å². The fourth-order valence-corrected chi connectivity index (χ4v) is 5.56. The van der Waals surface area contributed by atoms with E-state index >= 15 is 0 Å². The molecule has 3 aliphatic heterocycles. The molecule has 44 heavy (non-hydrogen) atoms. The molecule has 5 nitrogen and oxygen atoms in total. The van der Waals surface area contributed by atoms with Gasteiger partial charge in [0.05, 0.1) is 0 Å². The van der Waals surface area contributed by atoms with E-state index in [-0.39, 0.29) is 7.43 Å². The molecule has 0 bridgehead atoms. The van der Waals surface area contributed by atoms with Gasteiger partial charge in [-0.25, -0.2) is 0 Å². The quantitative estimate of drug-likeness (QED) is 0.191. The van der Waals surface area contributed by atoms with Crippen molar-refractivity contribution in [3.8, 4) is 0 Å². The monoisotopic (exact) mass is 626 g/mol. The van der Waals surface area contributed by atoms with E-state index < -0.39 is 0 Å². The molecule has 3 rings (SSSR count). The molecule has 0 spiro atoms. The number of piperazine rings is 1. The highest BCUT2D eigenvalue weighted by atomic mass is 15.2. The molecule has 5 heteroatoms. The second-order valence-corrected chi connectivity index (χ2v) is 15.4. The van der Waals surface area contributed by atoms with Crippen LogP contribution >= 0.6 is 0 Å². The molecule has 0 saturated carbocycles. The molecule has 268 valence electrons. The van der Waals surface area contributed by atoms with Crippen LogP contribution in [0.3, 0.4) is 0 Å². The molecular formula is C39H87N5. The zero-order chi connectivity index (χ0) is 32.5. The van der Waals surface area contributed by atoms with Gasteiger partial charge in [-0.3, -0.25) is 0 Å². The van der Waals surface area contributed by atoms with Gasteiger partial charge in [-0.05, 0) is 148 Å². The highest BCUT2D eigenvalue weighted by molar-refractivity contribution is 4.69. The van der Waals surface area contributed by atoms with Gasteiger partial charge in [0.2, 0.25) is 0 Å². The Labute approximate surface area is 280 Å². The molecule has 0 aliphatic carbocycles. The molecule has 3 heterocycles. The normalized spacial score (nSPS) is 18.5. The summed E-state index contributed by atoms with van der Waals surface area (Å²) in [6.45, 7) is 40.9. The fourth-order valence-electron chi connectivity index (χ4n) is 5.56. The highest BCUT2D eigenvalue weighted by Crippen LogP contribution is 2.11. The van der Waals surface area contributed by atoms with Crippen molar-refractivity contribution in [2.45, 2.75) is 134 Å². The van der Waals surface area contributed by atoms with Crippen LogP contribution in [0.4, 0.5) is 0 Å². The molecule has 3 aliphatic rings. The van der Waals surface area contributed by atoms with Crippen LogP contribution in [-0.4, -0.2) is 123 Å². The third kappa shape index (κ3) is 29.2. The summed E-state index contributed by atoms with van der Waals surface area (Å²) in [6, 6.07) is 0. The molecular weight excluding hydrogens is 538 g/mol. The predicted octanol–water partition coefficient (Wildman–Crippen LogP) is 8.94. The first-order valence-electron chi connectivity index (χ1n) is 19.0. The molecule has 0 radical (unpaired) electrons. The number of likely N-dealkylation sites (N-methyl/N-ethyl adjacent to an activating group) is 1. The summed E-state index contributed by atoms with van der Waals surface area (Å²) < 4.78 is 0. The van der Waals surface area contributed by atoms with E-state index in [4.69, 9.17) is 0 Å². The first-order chi connectivity index (χ1) is 20.5. The van der Waals surface area contributed by atoms with Crippen molar-refractivity contribution in [3.63, 3.8) is 0 Å². The third-order valence-corrected chi connectivity index (χ3v) is 9.23. The van der Waals surface area contributed by atoms with Crippen LogP contribution in [0.2, 0.25) is 0 Å². The van der Waals surface area contributed by atoms with E-state index in [0.29, 0.717) is 0 Å². The second kappa shape index (κ2) is 30.2. The van der Waals surface area contributed by atoms with Crippen molar-refractivity contribution in [1.29, 1.82) is 0 Å². The summed E-state index contributed by atoms with van der Waals surface area (Å²) in [7, 11) is 2.21. The maximum atomic E-state index is 2.61. The maximum Gasteiger partial charge on any atom is 0.0110 e. The number of nitrogens with zero attached hydrogens (tertiary/aromatic N) is 5. The Morgan fingerprint density at radius 3 is 1.09 bits per heavy atom. The summed E-state index contributed by atoms with van der Waals surface area (Å²) in [5, 5.41) is 0. The minimum atomic E-state index is 0. The molecule has 3 fully saturated rings. The average Bonchev–Trinajstić information content (AvgIpc) is 3.51. The first-order valence-corrected chi connectivity index (χ1v) is 19.0. The molecule has 0 unspecified atom stereocenters. The minimum Gasteiger partial charge on any atom is -0.304 e. The van der Waals surface area contributed by atoms with Gasteiger partial charge in [-0.15, -0.1) is 0 Å². The van der Waals surface area contributed by atoms with Crippen LogP contribution in [-0.2, 0) is 0 Å². The molecule has 0 atom stereocenters. The fraction of sp³-hybridized carbons (Fsp3) is 1.00. The lowest BCUT2D eigenvalue weighted by Crippen LogP contribution is -2.44. The molecule has 0 aromatic heterocycles. The smallest absolute Gasteiger partial charge is 0.0110 e. The Bertz CT molecular complexity index is 545.